The van der Waals surface area contributed by atoms with Gasteiger partial charge in [0.15, 0.2) is 0 Å². The molecule has 116 valence electrons. The molecule has 1 fully saturated rings. The molecule has 1 aromatic heterocycles. The highest BCUT2D eigenvalue weighted by Gasteiger charge is 2.25. The molecule has 0 radical (unpaired) electrons. The summed E-state index contributed by atoms with van der Waals surface area (Å²) in [5.41, 5.74) is 1.53. The van der Waals surface area contributed by atoms with Crippen LogP contribution in [0.15, 0.2) is 30.6 Å². The number of benzene rings is 1. The van der Waals surface area contributed by atoms with Crippen LogP contribution in [0, 0.1) is 0 Å². The van der Waals surface area contributed by atoms with Gasteiger partial charge in [0.2, 0.25) is 0 Å². The normalized spacial score (nSPS) is 16.0. The maximum Gasteiger partial charge on any atom is 0.254 e. The second-order valence-corrected chi connectivity index (χ2v) is 5.75. The molecule has 22 heavy (non-hydrogen) atoms. The minimum Gasteiger partial charge on any atom is -0.508 e. The summed E-state index contributed by atoms with van der Waals surface area (Å²) in [6, 6.07) is 3.98. The summed E-state index contributed by atoms with van der Waals surface area (Å²) in [7, 11) is 1.90. The number of carbonyl (C=O) groups is 1. The topological polar surface area (TPSA) is 78.6 Å². The molecule has 1 saturated heterocycles. The van der Waals surface area contributed by atoms with E-state index in [4.69, 9.17) is 0 Å². The van der Waals surface area contributed by atoms with Crippen LogP contribution in [0.3, 0.4) is 0 Å². The van der Waals surface area contributed by atoms with Crippen molar-refractivity contribution < 1.29 is 15.0 Å². The Morgan fingerprint density at radius 2 is 1.82 bits per heavy atom. The van der Waals surface area contributed by atoms with Crippen molar-refractivity contribution >= 4 is 5.91 Å². The van der Waals surface area contributed by atoms with Gasteiger partial charge < -0.3 is 15.1 Å². The number of phenolic OH excluding ortho intramolecular Hbond substituents is 2. The molecule has 0 saturated carbocycles. The van der Waals surface area contributed by atoms with E-state index in [9.17, 15) is 15.0 Å². The minimum atomic E-state index is -0.157. The van der Waals surface area contributed by atoms with E-state index in [1.165, 1.54) is 23.8 Å². The van der Waals surface area contributed by atoms with Crippen LogP contribution in [-0.2, 0) is 7.05 Å². The quantitative estimate of drug-likeness (QED) is 0.887. The van der Waals surface area contributed by atoms with Gasteiger partial charge in [0.05, 0.1) is 6.20 Å². The van der Waals surface area contributed by atoms with Gasteiger partial charge in [-0.2, -0.15) is 5.10 Å². The molecule has 2 heterocycles. The first-order valence-corrected chi connectivity index (χ1v) is 7.34. The van der Waals surface area contributed by atoms with Crippen molar-refractivity contribution in [1.29, 1.82) is 0 Å². The van der Waals surface area contributed by atoms with Gasteiger partial charge in [-0.3, -0.25) is 9.48 Å². The third-order valence-corrected chi connectivity index (χ3v) is 4.13. The Labute approximate surface area is 128 Å². The largest absolute Gasteiger partial charge is 0.508 e. The third kappa shape index (κ3) is 2.90. The molecule has 1 aliphatic heterocycles. The minimum absolute atomic E-state index is 0.103. The Morgan fingerprint density at radius 3 is 2.36 bits per heavy atom. The van der Waals surface area contributed by atoms with Crippen molar-refractivity contribution in [2.24, 2.45) is 7.05 Å². The number of nitrogens with zero attached hydrogens (tertiary/aromatic N) is 3. The maximum atomic E-state index is 12.4. The molecule has 0 bridgehead atoms. The van der Waals surface area contributed by atoms with Gasteiger partial charge in [-0.25, -0.2) is 0 Å². The Morgan fingerprint density at radius 1 is 1.18 bits per heavy atom. The van der Waals surface area contributed by atoms with Crippen LogP contribution in [0.4, 0.5) is 0 Å². The number of hydrogen-bond acceptors (Lipinski definition) is 4. The van der Waals surface area contributed by atoms with Crippen molar-refractivity contribution in [1.82, 2.24) is 14.7 Å². The zero-order chi connectivity index (χ0) is 15.7. The predicted octanol–water partition coefficient (Wildman–Crippen LogP) is 1.85. The molecule has 6 heteroatoms. The molecular formula is C16H19N3O3. The number of aromatic nitrogens is 2. The number of phenols is 2. The van der Waals surface area contributed by atoms with Crippen LogP contribution in [-0.4, -0.2) is 43.9 Å². The monoisotopic (exact) mass is 301 g/mol. The van der Waals surface area contributed by atoms with E-state index >= 15 is 0 Å². The zero-order valence-electron chi connectivity index (χ0n) is 12.4. The summed E-state index contributed by atoms with van der Waals surface area (Å²) < 4.78 is 1.79. The van der Waals surface area contributed by atoms with Crippen molar-refractivity contribution in [2.75, 3.05) is 13.1 Å². The molecular weight excluding hydrogens is 282 g/mol. The number of piperidine rings is 1. The van der Waals surface area contributed by atoms with Gasteiger partial charge in [0.25, 0.3) is 5.91 Å². The summed E-state index contributed by atoms with van der Waals surface area (Å²) in [6.45, 7) is 1.32. The standard InChI is InChI=1S/C16H19N3O3/c1-18-10-13(9-17-18)11-2-4-19(5-3-11)16(22)12-6-14(20)8-15(21)7-12/h6-11,20-21H,2-5H2,1H3. The number of hydrogen-bond donors (Lipinski definition) is 2. The van der Waals surface area contributed by atoms with E-state index in [-0.39, 0.29) is 17.4 Å². The van der Waals surface area contributed by atoms with Gasteiger partial charge >= 0.3 is 0 Å². The van der Waals surface area contributed by atoms with Crippen LogP contribution in [0.5, 0.6) is 11.5 Å². The fraction of sp³-hybridized carbons (Fsp3) is 0.375. The highest BCUT2D eigenvalue weighted by molar-refractivity contribution is 5.95. The third-order valence-electron chi connectivity index (χ3n) is 4.13. The molecule has 2 aromatic rings. The van der Waals surface area contributed by atoms with Crippen LogP contribution >= 0.6 is 0 Å². The zero-order valence-corrected chi connectivity index (χ0v) is 12.4. The number of likely N-dealkylation sites (tertiary alicyclic amines) is 1. The summed E-state index contributed by atoms with van der Waals surface area (Å²) in [6.07, 6.45) is 5.69. The summed E-state index contributed by atoms with van der Waals surface area (Å²) in [5, 5.41) is 23.2. The lowest BCUT2D eigenvalue weighted by Gasteiger charge is -2.31. The van der Waals surface area contributed by atoms with Crippen LogP contribution in [0.25, 0.3) is 0 Å². The predicted molar refractivity (Wildman–Crippen MR) is 80.9 cm³/mol. The van der Waals surface area contributed by atoms with Gasteiger partial charge in [0.1, 0.15) is 11.5 Å². The van der Waals surface area contributed by atoms with Crippen LogP contribution < -0.4 is 0 Å². The first-order chi connectivity index (χ1) is 10.5. The molecule has 1 amide bonds. The summed E-state index contributed by atoms with van der Waals surface area (Å²) >= 11 is 0. The second-order valence-electron chi connectivity index (χ2n) is 5.75. The van der Waals surface area contributed by atoms with Gasteiger partial charge in [-0.15, -0.1) is 0 Å². The van der Waals surface area contributed by atoms with E-state index in [1.807, 2.05) is 19.4 Å². The lowest BCUT2D eigenvalue weighted by atomic mass is 9.91. The lowest BCUT2D eigenvalue weighted by molar-refractivity contribution is 0.0712. The average molecular weight is 301 g/mol. The molecule has 0 spiro atoms. The smallest absolute Gasteiger partial charge is 0.254 e. The molecule has 0 unspecified atom stereocenters. The lowest BCUT2D eigenvalue weighted by Crippen LogP contribution is -2.37. The first-order valence-electron chi connectivity index (χ1n) is 7.34. The maximum absolute atomic E-state index is 12.4. The molecule has 1 aromatic carbocycles. The Hall–Kier alpha value is -2.50. The number of aromatic hydroxyl groups is 2. The van der Waals surface area contributed by atoms with Crippen molar-refractivity contribution in [3.63, 3.8) is 0 Å². The molecule has 0 aliphatic carbocycles. The molecule has 0 atom stereocenters. The van der Waals surface area contributed by atoms with Crippen molar-refractivity contribution in [2.45, 2.75) is 18.8 Å². The van der Waals surface area contributed by atoms with Crippen LogP contribution in [0.2, 0.25) is 0 Å². The van der Waals surface area contributed by atoms with Gasteiger partial charge in [-0.05, 0) is 36.5 Å². The fourth-order valence-corrected chi connectivity index (χ4v) is 2.97. The van der Waals surface area contributed by atoms with E-state index in [0.717, 1.165) is 12.8 Å². The summed E-state index contributed by atoms with van der Waals surface area (Å²) in [4.78, 5) is 14.2. The van der Waals surface area contributed by atoms with Gasteiger partial charge in [-0.1, -0.05) is 0 Å². The molecule has 3 rings (SSSR count). The highest BCUT2D eigenvalue weighted by Crippen LogP contribution is 2.29. The molecule has 2 N–H and O–H groups in total. The number of rotatable bonds is 2. The van der Waals surface area contributed by atoms with E-state index in [1.54, 1.807) is 9.58 Å². The Kier molecular flexibility index (Phi) is 3.75. The van der Waals surface area contributed by atoms with E-state index in [0.29, 0.717) is 24.6 Å². The van der Waals surface area contributed by atoms with E-state index < -0.39 is 0 Å². The fourth-order valence-electron chi connectivity index (χ4n) is 2.97. The van der Waals surface area contributed by atoms with E-state index in [2.05, 4.69) is 5.10 Å². The first kappa shape index (κ1) is 14.4. The second kappa shape index (κ2) is 5.71. The number of amides is 1. The summed E-state index contributed by atoms with van der Waals surface area (Å²) in [5.74, 6) is 0.0633. The average Bonchev–Trinajstić information content (AvgIpc) is 2.92. The van der Waals surface area contributed by atoms with Gasteiger partial charge in [0, 0.05) is 38.0 Å². The van der Waals surface area contributed by atoms with Crippen LogP contribution in [0.1, 0.15) is 34.7 Å². The molecule has 6 nitrogen and oxygen atoms in total. The number of aryl methyl sites for hydroxylation is 1. The Balaban J connectivity index is 1.67. The number of carbonyl (C=O) groups excluding carboxylic acids is 1. The highest BCUT2D eigenvalue weighted by atomic mass is 16.3. The molecule has 1 aliphatic rings. The van der Waals surface area contributed by atoms with Crippen molar-refractivity contribution in [3.05, 3.63) is 41.7 Å². The SMILES string of the molecule is Cn1cc(C2CCN(C(=O)c3cc(O)cc(O)c3)CC2)cn1. The van der Waals surface area contributed by atoms with Crippen molar-refractivity contribution in [3.8, 4) is 11.5 Å². The Bertz CT molecular complexity index is 667.